The Balaban J connectivity index is 2.60. The van der Waals surface area contributed by atoms with Crippen LogP contribution in [0.25, 0.3) is 16.8 Å². The molecule has 3 atom stereocenters. The van der Waals surface area contributed by atoms with E-state index in [-0.39, 0.29) is 28.3 Å². The van der Waals surface area contributed by atoms with Crippen LogP contribution in [0, 0.1) is 0 Å². The van der Waals surface area contributed by atoms with Gasteiger partial charge in [-0.1, -0.05) is 98.1 Å². The minimum absolute atomic E-state index is 0.00357. The highest BCUT2D eigenvalue weighted by Crippen LogP contribution is 2.41. The Morgan fingerprint density at radius 2 is 1.55 bits per heavy atom. The molecule has 0 aliphatic rings. The lowest BCUT2D eigenvalue weighted by molar-refractivity contribution is -0.140. The Bertz CT molecular complexity index is 1230. The monoisotopic (exact) mass is 643 g/mol. The molecule has 0 unspecified atom stereocenters. The molecule has 0 radical (unpaired) electrons. The SMILES string of the molecule is CCCCC[C@@H](O)c1nc(/C=C/[C@@H](O[Si](C)(C)C(C)(C)C)[C@H](CCCC(=O)OC)O[Si](C)(C)C(C)(C)C)cc2ccccc12. The first kappa shape index (κ1) is 38.3. The zero-order valence-electron chi connectivity index (χ0n) is 29.8. The van der Waals surface area contributed by atoms with Crippen LogP contribution in [-0.2, 0) is 18.4 Å². The van der Waals surface area contributed by atoms with Gasteiger partial charge < -0.3 is 18.7 Å². The van der Waals surface area contributed by atoms with Crippen molar-refractivity contribution >= 4 is 39.5 Å². The fraction of sp³-hybridized carbons (Fsp3) is 0.667. The van der Waals surface area contributed by atoms with Gasteiger partial charge >= 0.3 is 5.97 Å². The molecule has 2 rings (SSSR count). The van der Waals surface area contributed by atoms with Gasteiger partial charge in [0, 0.05) is 11.8 Å². The first-order chi connectivity index (χ1) is 20.3. The Labute approximate surface area is 270 Å². The molecule has 0 bridgehead atoms. The number of carbonyl (C=O) groups excluding carboxylic acids is 1. The van der Waals surface area contributed by atoms with Gasteiger partial charge in [0.15, 0.2) is 16.6 Å². The highest BCUT2D eigenvalue weighted by Gasteiger charge is 2.44. The number of fused-ring (bicyclic) bond motifs is 1. The highest BCUT2D eigenvalue weighted by molar-refractivity contribution is 6.74. The molecular formula is C36H61NO5Si2. The van der Waals surface area contributed by atoms with Crippen molar-refractivity contribution in [1.82, 2.24) is 4.98 Å². The maximum absolute atomic E-state index is 12.0. The number of ether oxygens (including phenoxy) is 1. The zero-order valence-corrected chi connectivity index (χ0v) is 31.8. The molecular weight excluding hydrogens is 583 g/mol. The number of pyridine rings is 1. The minimum Gasteiger partial charge on any atom is -0.469 e. The lowest BCUT2D eigenvalue weighted by Crippen LogP contribution is -2.51. The summed E-state index contributed by atoms with van der Waals surface area (Å²) in [6.07, 6.45) is 8.50. The maximum atomic E-state index is 12.0. The predicted octanol–water partition coefficient (Wildman–Crippen LogP) is 9.99. The summed E-state index contributed by atoms with van der Waals surface area (Å²) in [6.45, 7) is 24.7. The molecule has 1 aromatic carbocycles. The molecule has 248 valence electrons. The van der Waals surface area contributed by atoms with Crippen LogP contribution >= 0.6 is 0 Å². The van der Waals surface area contributed by atoms with Crippen molar-refractivity contribution in [2.45, 2.75) is 148 Å². The van der Waals surface area contributed by atoms with Gasteiger partial charge in [-0.25, -0.2) is 0 Å². The number of aliphatic hydroxyl groups is 1. The molecule has 0 fully saturated rings. The first-order valence-electron chi connectivity index (χ1n) is 16.5. The molecule has 1 N–H and O–H groups in total. The van der Waals surface area contributed by atoms with Gasteiger partial charge in [0.2, 0.25) is 0 Å². The summed E-state index contributed by atoms with van der Waals surface area (Å²) in [6, 6.07) is 10.2. The van der Waals surface area contributed by atoms with Crippen LogP contribution in [0.4, 0.5) is 0 Å². The average molecular weight is 644 g/mol. The van der Waals surface area contributed by atoms with E-state index in [2.05, 4.69) is 92.9 Å². The van der Waals surface area contributed by atoms with Crippen LogP contribution in [-0.4, -0.2) is 52.0 Å². The first-order valence-corrected chi connectivity index (χ1v) is 22.3. The van der Waals surface area contributed by atoms with E-state index >= 15 is 0 Å². The summed E-state index contributed by atoms with van der Waals surface area (Å²) in [5, 5.41) is 13.3. The summed E-state index contributed by atoms with van der Waals surface area (Å²) >= 11 is 0. The number of aromatic nitrogens is 1. The zero-order chi connectivity index (χ0) is 33.3. The summed E-state index contributed by atoms with van der Waals surface area (Å²) in [5.74, 6) is -0.209. The van der Waals surface area contributed by atoms with E-state index < -0.39 is 22.7 Å². The molecule has 0 spiro atoms. The van der Waals surface area contributed by atoms with Crippen molar-refractivity contribution in [2.24, 2.45) is 0 Å². The standard InChI is InChI=1S/C36H61NO5Si2/c1-13-14-15-21-30(38)34-29-20-17-16-19-27(29)26-28(37-34)24-25-32(42-44(11,12)36(5,6)7)31(22-18-23-33(39)40-8)41-43(9,10)35(2,3)4/h16-17,19-20,24-26,30-32,38H,13-15,18,21-23H2,1-12H3/b25-24+/t30-,31+,32-/m1/s1. The fourth-order valence-corrected chi connectivity index (χ4v) is 7.28. The molecule has 1 heterocycles. The topological polar surface area (TPSA) is 77.9 Å². The Morgan fingerprint density at radius 3 is 2.14 bits per heavy atom. The number of hydrogen-bond acceptors (Lipinski definition) is 6. The second-order valence-electron chi connectivity index (χ2n) is 15.3. The second kappa shape index (κ2) is 16.1. The summed E-state index contributed by atoms with van der Waals surface area (Å²) < 4.78 is 19.1. The van der Waals surface area contributed by atoms with Crippen LogP contribution in [0.15, 0.2) is 36.4 Å². The van der Waals surface area contributed by atoms with Crippen molar-refractivity contribution in [3.8, 4) is 0 Å². The Morgan fingerprint density at radius 1 is 0.932 bits per heavy atom. The number of hydrogen-bond donors (Lipinski definition) is 1. The van der Waals surface area contributed by atoms with Crippen molar-refractivity contribution in [3.05, 3.63) is 47.8 Å². The average Bonchev–Trinajstić information content (AvgIpc) is 2.92. The maximum Gasteiger partial charge on any atom is 0.305 e. The van der Waals surface area contributed by atoms with Gasteiger partial charge in [0.25, 0.3) is 0 Å². The lowest BCUT2D eigenvalue weighted by atomic mass is 10.0. The van der Waals surface area contributed by atoms with Crippen LogP contribution < -0.4 is 0 Å². The number of aliphatic hydroxyl groups excluding tert-OH is 1. The third-order valence-electron chi connectivity index (χ3n) is 9.60. The number of methoxy groups -OCH3 is 1. The Kier molecular flexibility index (Phi) is 14.0. The van der Waals surface area contributed by atoms with Crippen LogP contribution in [0.1, 0.15) is 111 Å². The summed E-state index contributed by atoms with van der Waals surface area (Å²) in [4.78, 5) is 17.0. The number of unbranched alkanes of at least 4 members (excludes halogenated alkanes) is 2. The number of nitrogens with zero attached hydrogens (tertiary/aromatic N) is 1. The molecule has 1 aromatic heterocycles. The van der Waals surface area contributed by atoms with E-state index in [1.165, 1.54) is 7.11 Å². The molecule has 0 saturated heterocycles. The normalized spacial score (nSPS) is 15.5. The van der Waals surface area contributed by atoms with E-state index in [1.807, 2.05) is 24.3 Å². The molecule has 0 aliphatic heterocycles. The number of rotatable bonds is 16. The minimum atomic E-state index is -2.22. The summed E-state index contributed by atoms with van der Waals surface area (Å²) in [7, 11) is -2.97. The molecule has 0 aliphatic carbocycles. The number of esters is 1. The van der Waals surface area contributed by atoms with Crippen molar-refractivity contribution in [2.75, 3.05) is 7.11 Å². The van der Waals surface area contributed by atoms with Gasteiger partial charge in [-0.2, -0.15) is 0 Å². The van der Waals surface area contributed by atoms with E-state index in [1.54, 1.807) is 0 Å². The second-order valence-corrected chi connectivity index (χ2v) is 24.8. The van der Waals surface area contributed by atoms with Crippen LogP contribution in [0.3, 0.4) is 0 Å². The van der Waals surface area contributed by atoms with Gasteiger partial charge in [-0.05, 0) is 73.1 Å². The predicted molar refractivity (Wildman–Crippen MR) is 190 cm³/mol. The Hall–Kier alpha value is -1.85. The molecule has 0 saturated carbocycles. The van der Waals surface area contributed by atoms with E-state index in [4.69, 9.17) is 18.6 Å². The van der Waals surface area contributed by atoms with Crippen molar-refractivity contribution in [3.63, 3.8) is 0 Å². The van der Waals surface area contributed by atoms with Gasteiger partial charge in [-0.3, -0.25) is 9.78 Å². The molecule has 44 heavy (non-hydrogen) atoms. The summed E-state index contributed by atoms with van der Waals surface area (Å²) in [5.41, 5.74) is 1.52. The highest BCUT2D eigenvalue weighted by atomic mass is 28.4. The smallest absolute Gasteiger partial charge is 0.305 e. The van der Waals surface area contributed by atoms with E-state index in [9.17, 15) is 9.90 Å². The van der Waals surface area contributed by atoms with Gasteiger partial charge in [0.05, 0.1) is 36.8 Å². The third kappa shape index (κ3) is 10.9. The largest absolute Gasteiger partial charge is 0.469 e. The van der Waals surface area contributed by atoms with Crippen molar-refractivity contribution in [1.29, 1.82) is 0 Å². The quantitative estimate of drug-likeness (QED) is 0.111. The number of benzene rings is 1. The molecule has 6 nitrogen and oxygen atoms in total. The molecule has 0 amide bonds. The van der Waals surface area contributed by atoms with Crippen molar-refractivity contribution < 1.29 is 23.5 Å². The third-order valence-corrected chi connectivity index (χ3v) is 18.6. The van der Waals surface area contributed by atoms with E-state index in [0.717, 1.165) is 41.4 Å². The van der Waals surface area contributed by atoms with Crippen LogP contribution in [0.5, 0.6) is 0 Å². The molecule has 8 heteroatoms. The number of carbonyl (C=O) groups is 1. The molecule has 2 aromatic rings. The van der Waals surface area contributed by atoms with Gasteiger partial charge in [-0.15, -0.1) is 0 Å². The lowest BCUT2D eigenvalue weighted by Gasteiger charge is -2.44. The van der Waals surface area contributed by atoms with E-state index in [0.29, 0.717) is 25.7 Å². The van der Waals surface area contributed by atoms with Gasteiger partial charge in [0.1, 0.15) is 0 Å². The fourth-order valence-electron chi connectivity index (χ4n) is 4.66. The van der Waals surface area contributed by atoms with Crippen LogP contribution in [0.2, 0.25) is 36.3 Å².